The van der Waals surface area contributed by atoms with E-state index in [4.69, 9.17) is 0 Å². The number of anilines is 1. The molecule has 0 bridgehead atoms. The molecule has 146 valence electrons. The van der Waals surface area contributed by atoms with Crippen LogP contribution in [0, 0.1) is 13.8 Å². The van der Waals surface area contributed by atoms with Crippen LogP contribution in [0.25, 0.3) is 10.9 Å². The molecule has 1 aromatic heterocycles. The third-order valence-electron chi connectivity index (χ3n) is 4.80. The van der Waals surface area contributed by atoms with Crippen molar-refractivity contribution in [1.29, 1.82) is 0 Å². The van der Waals surface area contributed by atoms with Crippen LogP contribution in [-0.4, -0.2) is 30.2 Å². The lowest BCUT2D eigenvalue weighted by molar-refractivity contribution is -0.115. The Morgan fingerprint density at radius 3 is 2.57 bits per heavy atom. The first-order chi connectivity index (χ1) is 13.2. The van der Waals surface area contributed by atoms with Crippen molar-refractivity contribution in [3.8, 4) is 5.75 Å². The highest BCUT2D eigenvalue weighted by Crippen LogP contribution is 2.28. The maximum Gasteiger partial charge on any atom is 0.228 e. The number of hydrogen-bond donors (Lipinski definition) is 2. The maximum absolute atomic E-state index is 12.6. The molecule has 0 radical (unpaired) electrons. The number of carbonyl (C=O) groups is 1. The number of nitrogens with zero attached hydrogens (tertiary/aromatic N) is 1. The number of phenols is 1. The second-order valence-corrected chi connectivity index (χ2v) is 8.90. The normalized spacial score (nSPS) is 11.5. The molecular weight excluding hydrogens is 376 g/mol. The summed E-state index contributed by atoms with van der Waals surface area (Å²) in [4.78, 5) is 17.2. The largest absolute Gasteiger partial charge is 0.506 e. The first kappa shape index (κ1) is 19.8. The van der Waals surface area contributed by atoms with Crippen molar-refractivity contribution >= 4 is 32.3 Å². The van der Waals surface area contributed by atoms with Crippen molar-refractivity contribution in [3.05, 3.63) is 59.3 Å². The van der Waals surface area contributed by atoms with E-state index in [-0.39, 0.29) is 34.4 Å². The van der Waals surface area contributed by atoms with Crippen LogP contribution >= 0.6 is 0 Å². The zero-order chi connectivity index (χ0) is 20.5. The summed E-state index contributed by atoms with van der Waals surface area (Å²) < 4.78 is 24.1. The van der Waals surface area contributed by atoms with Crippen molar-refractivity contribution in [3.63, 3.8) is 0 Å². The molecule has 7 heteroatoms. The molecule has 1 amide bonds. The predicted molar refractivity (Wildman–Crippen MR) is 109 cm³/mol. The van der Waals surface area contributed by atoms with E-state index in [9.17, 15) is 18.3 Å². The zero-order valence-electron chi connectivity index (χ0n) is 16.0. The van der Waals surface area contributed by atoms with Crippen LogP contribution in [-0.2, 0) is 21.1 Å². The molecule has 0 saturated carbocycles. The van der Waals surface area contributed by atoms with Gasteiger partial charge in [0.25, 0.3) is 0 Å². The second kappa shape index (κ2) is 7.59. The minimum Gasteiger partial charge on any atom is -0.506 e. The number of phenolic OH excluding ortho intramolecular Hbond substituents is 1. The molecule has 2 aromatic carbocycles. The minimum atomic E-state index is -3.44. The number of fused-ring (bicyclic) bond motifs is 1. The molecule has 6 nitrogen and oxygen atoms in total. The van der Waals surface area contributed by atoms with Gasteiger partial charge in [-0.15, -0.1) is 0 Å². The molecule has 0 atom stereocenters. The fourth-order valence-corrected chi connectivity index (χ4v) is 4.07. The Balaban J connectivity index is 1.89. The third-order valence-corrected chi connectivity index (χ3v) is 6.54. The summed E-state index contributed by atoms with van der Waals surface area (Å²) in [6.07, 6.45) is 0.0691. The number of sulfone groups is 1. The Kier molecular flexibility index (Phi) is 5.38. The van der Waals surface area contributed by atoms with E-state index in [1.807, 2.05) is 38.1 Å². The first-order valence-corrected chi connectivity index (χ1v) is 10.6. The number of pyridine rings is 1. The summed E-state index contributed by atoms with van der Waals surface area (Å²) in [6.45, 7) is 5.35. The Labute approximate surface area is 164 Å². The zero-order valence-corrected chi connectivity index (χ0v) is 16.8. The quantitative estimate of drug-likeness (QED) is 0.641. The molecule has 3 aromatic rings. The number of hydrogen-bond acceptors (Lipinski definition) is 5. The van der Waals surface area contributed by atoms with Gasteiger partial charge in [0.05, 0.1) is 28.3 Å². The fourth-order valence-electron chi connectivity index (χ4n) is 3.16. The number of para-hydroxylation sites is 1. The van der Waals surface area contributed by atoms with Gasteiger partial charge in [-0.05, 0) is 49.2 Å². The van der Waals surface area contributed by atoms with Gasteiger partial charge in [0.1, 0.15) is 5.75 Å². The number of aromatic nitrogens is 1. The van der Waals surface area contributed by atoms with Gasteiger partial charge in [-0.1, -0.05) is 25.1 Å². The topological polar surface area (TPSA) is 96.4 Å². The minimum absolute atomic E-state index is 0.0582. The smallest absolute Gasteiger partial charge is 0.228 e. The molecule has 2 N–H and O–H groups in total. The maximum atomic E-state index is 12.6. The number of benzene rings is 2. The predicted octanol–water partition coefficient (Wildman–Crippen LogP) is 3.53. The van der Waals surface area contributed by atoms with Gasteiger partial charge in [-0.3, -0.25) is 9.78 Å². The van der Waals surface area contributed by atoms with Crippen LogP contribution in [0.5, 0.6) is 5.75 Å². The van der Waals surface area contributed by atoms with Crippen molar-refractivity contribution in [1.82, 2.24) is 4.98 Å². The molecule has 0 spiro atoms. The average Bonchev–Trinajstić information content (AvgIpc) is 2.66. The summed E-state index contributed by atoms with van der Waals surface area (Å²) in [5.74, 6) is -0.607. The molecule has 0 aliphatic carbocycles. The first-order valence-electron chi connectivity index (χ1n) is 8.93. The highest BCUT2D eigenvalue weighted by atomic mass is 32.2. The van der Waals surface area contributed by atoms with Gasteiger partial charge in [-0.25, -0.2) is 8.42 Å². The Hall–Kier alpha value is -2.93. The van der Waals surface area contributed by atoms with Crippen LogP contribution in [0.3, 0.4) is 0 Å². The van der Waals surface area contributed by atoms with Gasteiger partial charge in [0.15, 0.2) is 9.84 Å². The van der Waals surface area contributed by atoms with Crippen molar-refractivity contribution in [2.75, 3.05) is 11.1 Å². The summed E-state index contributed by atoms with van der Waals surface area (Å²) >= 11 is 0. The van der Waals surface area contributed by atoms with Crippen molar-refractivity contribution in [2.45, 2.75) is 32.1 Å². The van der Waals surface area contributed by atoms with Crippen LogP contribution in [0.15, 0.2) is 47.4 Å². The molecule has 0 aliphatic rings. The second-order valence-electron chi connectivity index (χ2n) is 6.63. The highest BCUT2D eigenvalue weighted by Gasteiger charge is 2.17. The highest BCUT2D eigenvalue weighted by molar-refractivity contribution is 7.91. The van der Waals surface area contributed by atoms with Gasteiger partial charge >= 0.3 is 0 Å². The van der Waals surface area contributed by atoms with Gasteiger partial charge in [0.2, 0.25) is 5.91 Å². The van der Waals surface area contributed by atoms with Crippen molar-refractivity contribution < 1.29 is 18.3 Å². The summed E-state index contributed by atoms with van der Waals surface area (Å²) in [6, 6.07) is 11.6. The number of amides is 1. The summed E-state index contributed by atoms with van der Waals surface area (Å²) in [7, 11) is -3.44. The molecule has 0 fully saturated rings. The number of nitrogens with one attached hydrogen (secondary N) is 1. The summed E-state index contributed by atoms with van der Waals surface area (Å²) in [5, 5.41) is 13.6. The molecule has 3 rings (SSSR count). The molecule has 1 heterocycles. The van der Waals surface area contributed by atoms with Crippen LogP contribution in [0.1, 0.15) is 23.7 Å². The van der Waals surface area contributed by atoms with E-state index in [2.05, 4.69) is 10.3 Å². The Morgan fingerprint density at radius 1 is 1.14 bits per heavy atom. The molecule has 0 aliphatic heterocycles. The van der Waals surface area contributed by atoms with E-state index >= 15 is 0 Å². The fraction of sp³-hybridized carbons (Fsp3) is 0.238. The van der Waals surface area contributed by atoms with Gasteiger partial charge < -0.3 is 10.4 Å². The number of aromatic hydroxyl groups is 1. The lowest BCUT2D eigenvalue weighted by Crippen LogP contribution is -2.17. The monoisotopic (exact) mass is 398 g/mol. The van der Waals surface area contributed by atoms with E-state index < -0.39 is 9.84 Å². The number of aryl methyl sites for hydroxylation is 2. The third kappa shape index (κ3) is 3.84. The lowest BCUT2D eigenvalue weighted by Gasteiger charge is -2.13. The number of carbonyl (C=O) groups excluding carboxylic acids is 1. The van der Waals surface area contributed by atoms with E-state index in [0.717, 1.165) is 27.7 Å². The standard InChI is InChI=1S/C21H22N2O4S/c1-4-28(26,27)15-9-10-20(24)19(11-15)23-21(25)12-17-13(2)16-7-5-6-8-18(16)22-14(17)3/h5-11,24H,4,12H2,1-3H3,(H,23,25). The van der Waals surface area contributed by atoms with E-state index in [0.29, 0.717) is 0 Å². The molecule has 0 unspecified atom stereocenters. The average molecular weight is 398 g/mol. The van der Waals surface area contributed by atoms with E-state index in [1.165, 1.54) is 18.2 Å². The Bertz CT molecular complexity index is 1170. The van der Waals surface area contributed by atoms with Gasteiger partial charge in [-0.2, -0.15) is 0 Å². The van der Waals surface area contributed by atoms with Crippen LogP contribution < -0.4 is 5.32 Å². The van der Waals surface area contributed by atoms with Gasteiger partial charge in [0, 0.05) is 11.1 Å². The molecular formula is C21H22N2O4S. The lowest BCUT2D eigenvalue weighted by atomic mass is 9.99. The number of rotatable bonds is 5. The van der Waals surface area contributed by atoms with Crippen LogP contribution in [0.2, 0.25) is 0 Å². The Morgan fingerprint density at radius 2 is 1.86 bits per heavy atom. The van der Waals surface area contributed by atoms with Crippen LogP contribution in [0.4, 0.5) is 5.69 Å². The SMILES string of the molecule is CCS(=O)(=O)c1ccc(O)c(NC(=O)Cc2c(C)nc3ccccc3c2C)c1. The summed E-state index contributed by atoms with van der Waals surface area (Å²) in [5.41, 5.74) is 3.50. The van der Waals surface area contributed by atoms with Crippen molar-refractivity contribution in [2.24, 2.45) is 0 Å². The molecule has 28 heavy (non-hydrogen) atoms. The molecule has 0 saturated heterocycles. The van der Waals surface area contributed by atoms with E-state index in [1.54, 1.807) is 6.92 Å².